The Morgan fingerprint density at radius 2 is 1.88 bits per heavy atom. The first-order valence-electron chi connectivity index (χ1n) is 5.64. The van der Waals surface area contributed by atoms with Crippen LogP contribution in [0, 0.1) is 6.92 Å². The van der Waals surface area contributed by atoms with Gasteiger partial charge in [-0.05, 0) is 37.8 Å². The lowest BCUT2D eigenvalue weighted by Gasteiger charge is -2.31. The van der Waals surface area contributed by atoms with Crippen LogP contribution in [0.15, 0.2) is 24.3 Å². The lowest BCUT2D eigenvalue weighted by atomic mass is 9.90. The molecule has 0 bridgehead atoms. The normalized spacial score (nSPS) is 20.2. The maximum atomic E-state index is 5.88. The number of hydrogen-bond donors (Lipinski definition) is 0. The summed E-state index contributed by atoms with van der Waals surface area (Å²) in [6.07, 6.45) is 2.57. The van der Waals surface area contributed by atoms with Crippen molar-refractivity contribution < 1.29 is 0 Å². The van der Waals surface area contributed by atoms with Crippen molar-refractivity contribution in [2.75, 3.05) is 19.1 Å². The zero-order chi connectivity index (χ0) is 10.7. The second kappa shape index (κ2) is 7.73. The molecule has 2 heteroatoms. The monoisotopic (exact) mass is 255 g/mol. The Morgan fingerprint density at radius 3 is 2.47 bits per heavy atom. The Bertz CT molecular complexity index is 307. The molecule has 1 unspecified atom stereocenters. The molecule has 1 aromatic rings. The van der Waals surface area contributed by atoms with Crippen LogP contribution in [0.5, 0.6) is 0 Å². The highest BCUT2D eigenvalue weighted by Gasteiger charge is 2.20. The van der Waals surface area contributed by atoms with Crippen molar-refractivity contribution in [2.24, 2.45) is 0 Å². The van der Waals surface area contributed by atoms with E-state index in [4.69, 9.17) is 11.6 Å². The molecule has 0 amide bonds. The largest absolute Gasteiger partial charge is 0.289 e. The number of benzene rings is 1. The fourth-order valence-electron chi connectivity index (χ4n) is 2.27. The molecular weight excluding hydrogens is 230 g/mol. The van der Waals surface area contributed by atoms with Gasteiger partial charge < -0.3 is 0 Å². The van der Waals surface area contributed by atoms with E-state index in [-0.39, 0.29) is 14.9 Å². The molecule has 0 spiro atoms. The van der Waals surface area contributed by atoms with Crippen LogP contribution in [-0.4, -0.2) is 24.0 Å². The first-order chi connectivity index (χ1) is 7.29. The lowest BCUT2D eigenvalue weighted by Crippen LogP contribution is -2.33. The molecule has 2 rings (SSSR count). The molecule has 17 heavy (non-hydrogen) atoms. The molecule has 0 saturated carbocycles. The predicted molar refractivity (Wildman–Crippen MR) is 78.9 cm³/mol. The van der Waals surface area contributed by atoms with Crippen LogP contribution in [0.1, 0.15) is 44.7 Å². The van der Waals surface area contributed by atoms with Gasteiger partial charge in [-0.25, -0.2) is 0 Å². The summed E-state index contributed by atoms with van der Waals surface area (Å²) in [6, 6.07) is 9.60. The molecule has 1 atom stereocenters. The number of aryl methyl sites for hydroxylation is 1. The van der Waals surface area contributed by atoms with Gasteiger partial charge in [0.2, 0.25) is 0 Å². The SMILES string of the molecule is C.C.Cc1ccc(C2CCCN(CCl)C2)cc1. The minimum absolute atomic E-state index is 0. The third kappa shape index (κ3) is 4.33. The Balaban J connectivity index is 0.00000128. The van der Waals surface area contributed by atoms with Crippen LogP contribution >= 0.6 is 11.6 Å². The highest BCUT2D eigenvalue weighted by Crippen LogP contribution is 2.26. The Labute approximate surface area is 112 Å². The molecule has 1 aliphatic heterocycles. The van der Waals surface area contributed by atoms with Crippen molar-refractivity contribution in [1.82, 2.24) is 4.90 Å². The number of halogens is 1. The van der Waals surface area contributed by atoms with Gasteiger partial charge in [-0.1, -0.05) is 44.7 Å². The maximum absolute atomic E-state index is 5.88. The summed E-state index contributed by atoms with van der Waals surface area (Å²) in [4.78, 5) is 2.33. The van der Waals surface area contributed by atoms with Gasteiger partial charge in [0, 0.05) is 6.54 Å². The molecule has 1 nitrogen and oxygen atoms in total. The summed E-state index contributed by atoms with van der Waals surface area (Å²) in [6.45, 7) is 4.41. The van der Waals surface area contributed by atoms with Gasteiger partial charge in [0.05, 0.1) is 6.00 Å². The summed E-state index contributed by atoms with van der Waals surface area (Å²) >= 11 is 5.88. The van der Waals surface area contributed by atoms with E-state index >= 15 is 0 Å². The van der Waals surface area contributed by atoms with Gasteiger partial charge in [0.15, 0.2) is 0 Å². The van der Waals surface area contributed by atoms with Crippen LogP contribution in [0.25, 0.3) is 0 Å². The molecular formula is C15H26ClN. The number of nitrogens with zero attached hydrogens (tertiary/aromatic N) is 1. The minimum atomic E-state index is 0. The molecule has 1 saturated heterocycles. The van der Waals surface area contributed by atoms with Crippen LogP contribution in [0.2, 0.25) is 0 Å². The standard InChI is InChI=1S/C13H18ClN.2CH4/c1-11-4-6-12(7-5-11)13-3-2-8-15(9-13)10-14;;/h4-7,13H,2-3,8-10H2,1H3;2*1H4. The van der Waals surface area contributed by atoms with Gasteiger partial charge in [-0.15, -0.1) is 11.6 Å². The molecule has 1 aromatic carbocycles. The average Bonchev–Trinajstić information content (AvgIpc) is 2.30. The molecule has 1 fully saturated rings. The first kappa shape index (κ1) is 16.5. The molecule has 1 heterocycles. The van der Waals surface area contributed by atoms with Crippen LogP contribution in [-0.2, 0) is 0 Å². The first-order valence-corrected chi connectivity index (χ1v) is 6.18. The van der Waals surface area contributed by atoms with E-state index in [9.17, 15) is 0 Å². The lowest BCUT2D eigenvalue weighted by molar-refractivity contribution is 0.239. The molecule has 1 aliphatic rings. The van der Waals surface area contributed by atoms with Gasteiger partial charge in [-0.2, -0.15) is 0 Å². The van der Waals surface area contributed by atoms with Crippen molar-refractivity contribution in [1.29, 1.82) is 0 Å². The third-order valence-electron chi connectivity index (χ3n) is 3.22. The quantitative estimate of drug-likeness (QED) is 0.550. The number of rotatable bonds is 2. The van der Waals surface area contributed by atoms with Crippen molar-refractivity contribution in [3.8, 4) is 0 Å². The summed E-state index contributed by atoms with van der Waals surface area (Å²) in [7, 11) is 0. The third-order valence-corrected chi connectivity index (χ3v) is 3.56. The highest BCUT2D eigenvalue weighted by atomic mass is 35.5. The van der Waals surface area contributed by atoms with E-state index in [0.717, 1.165) is 13.1 Å². The number of hydrogen-bond acceptors (Lipinski definition) is 1. The van der Waals surface area contributed by atoms with E-state index in [2.05, 4.69) is 36.1 Å². The van der Waals surface area contributed by atoms with Crippen LogP contribution in [0.3, 0.4) is 0 Å². The van der Waals surface area contributed by atoms with E-state index in [1.54, 1.807) is 0 Å². The van der Waals surface area contributed by atoms with Gasteiger partial charge in [0.25, 0.3) is 0 Å². The zero-order valence-corrected chi connectivity index (χ0v) is 10.0. The molecule has 0 N–H and O–H groups in total. The second-order valence-corrected chi connectivity index (χ2v) is 4.69. The minimum Gasteiger partial charge on any atom is -0.289 e. The van der Waals surface area contributed by atoms with Gasteiger partial charge >= 0.3 is 0 Å². The second-order valence-electron chi connectivity index (χ2n) is 4.45. The topological polar surface area (TPSA) is 3.24 Å². The van der Waals surface area contributed by atoms with E-state index < -0.39 is 0 Å². The fraction of sp³-hybridized carbons (Fsp3) is 0.600. The summed E-state index contributed by atoms with van der Waals surface area (Å²) < 4.78 is 0. The zero-order valence-electron chi connectivity index (χ0n) is 9.25. The molecule has 0 radical (unpaired) electrons. The summed E-state index contributed by atoms with van der Waals surface area (Å²) in [5.74, 6) is 0.679. The fourth-order valence-corrected chi connectivity index (χ4v) is 2.49. The maximum Gasteiger partial charge on any atom is 0.0738 e. The predicted octanol–water partition coefficient (Wildman–Crippen LogP) is 4.64. The van der Waals surface area contributed by atoms with E-state index in [1.165, 1.54) is 24.0 Å². The number of likely N-dealkylation sites (tertiary alicyclic amines) is 1. The van der Waals surface area contributed by atoms with Crippen molar-refractivity contribution in [2.45, 2.75) is 40.5 Å². The van der Waals surface area contributed by atoms with E-state index in [1.807, 2.05) is 0 Å². The van der Waals surface area contributed by atoms with Gasteiger partial charge in [-0.3, -0.25) is 4.90 Å². The van der Waals surface area contributed by atoms with Gasteiger partial charge in [0.1, 0.15) is 0 Å². The highest BCUT2D eigenvalue weighted by molar-refractivity contribution is 6.17. The van der Waals surface area contributed by atoms with Crippen molar-refractivity contribution in [3.05, 3.63) is 35.4 Å². The average molecular weight is 256 g/mol. The Kier molecular flexibility index (Phi) is 7.49. The van der Waals surface area contributed by atoms with Crippen molar-refractivity contribution in [3.63, 3.8) is 0 Å². The van der Waals surface area contributed by atoms with E-state index in [0.29, 0.717) is 11.9 Å². The molecule has 98 valence electrons. The Hall–Kier alpha value is -0.530. The smallest absolute Gasteiger partial charge is 0.0738 e. The Morgan fingerprint density at radius 1 is 1.24 bits per heavy atom. The van der Waals surface area contributed by atoms with Crippen LogP contribution < -0.4 is 0 Å². The summed E-state index contributed by atoms with van der Waals surface area (Å²) in [5.41, 5.74) is 2.80. The number of alkyl halides is 1. The molecule has 0 aliphatic carbocycles. The van der Waals surface area contributed by atoms with Crippen LogP contribution in [0.4, 0.5) is 0 Å². The van der Waals surface area contributed by atoms with Crippen molar-refractivity contribution >= 4 is 11.6 Å². The summed E-state index contributed by atoms with van der Waals surface area (Å²) in [5, 5.41) is 0. The number of piperidine rings is 1. The molecule has 0 aromatic heterocycles.